The lowest BCUT2D eigenvalue weighted by Crippen LogP contribution is -2.44. The van der Waals surface area contributed by atoms with Crippen LogP contribution in [-0.2, 0) is 10.2 Å². The summed E-state index contributed by atoms with van der Waals surface area (Å²) in [6, 6.07) is 17.8. The van der Waals surface area contributed by atoms with Crippen molar-refractivity contribution in [3.8, 4) is 17.5 Å². The van der Waals surface area contributed by atoms with Crippen LogP contribution in [0.25, 0.3) is 11.4 Å². The van der Waals surface area contributed by atoms with Crippen LogP contribution in [0.4, 0.5) is 10.1 Å². The molecule has 216 valence electrons. The van der Waals surface area contributed by atoms with Crippen LogP contribution < -0.4 is 10.6 Å². The number of nitriles is 1. The molecule has 1 amide bonds. The van der Waals surface area contributed by atoms with E-state index in [4.69, 9.17) is 23.2 Å². The first-order valence-electron chi connectivity index (χ1n) is 13.5. The summed E-state index contributed by atoms with van der Waals surface area (Å²) in [6.07, 6.45) is 0.488. The van der Waals surface area contributed by atoms with Gasteiger partial charge >= 0.3 is 0 Å². The lowest BCUT2D eigenvalue weighted by Gasteiger charge is -2.38. The second-order valence-electron chi connectivity index (χ2n) is 11.8. The van der Waals surface area contributed by atoms with E-state index >= 15 is 4.39 Å². The van der Waals surface area contributed by atoms with Gasteiger partial charge in [-0.1, -0.05) is 62.2 Å². The topological polar surface area (TPSA) is 119 Å². The number of halogens is 3. The van der Waals surface area contributed by atoms with Crippen LogP contribution in [0.5, 0.6) is 0 Å². The van der Waals surface area contributed by atoms with Crippen molar-refractivity contribution in [2.45, 2.75) is 57.5 Å². The maximum atomic E-state index is 15.8. The zero-order chi connectivity index (χ0) is 30.2. The number of aromatic amines is 1. The summed E-state index contributed by atoms with van der Waals surface area (Å²) < 4.78 is 15.8. The molecule has 1 fully saturated rings. The van der Waals surface area contributed by atoms with Gasteiger partial charge in [-0.05, 0) is 77.6 Å². The number of hydrogen-bond donors (Lipinski definition) is 3. The van der Waals surface area contributed by atoms with E-state index in [-0.39, 0.29) is 21.9 Å². The van der Waals surface area contributed by atoms with Crippen LogP contribution in [0.15, 0.2) is 60.7 Å². The molecule has 0 saturated carbocycles. The Bertz CT molecular complexity index is 1650. The number of tetrazole rings is 1. The normalized spacial score (nSPS) is 22.1. The molecule has 0 bridgehead atoms. The minimum Gasteiger partial charge on any atom is -0.325 e. The van der Waals surface area contributed by atoms with Gasteiger partial charge in [-0.25, -0.2) is 4.39 Å². The lowest BCUT2D eigenvalue weighted by atomic mass is 9.62. The summed E-state index contributed by atoms with van der Waals surface area (Å²) in [5.74, 6) is -1.33. The fourth-order valence-electron chi connectivity index (χ4n) is 5.96. The third kappa shape index (κ3) is 5.50. The Morgan fingerprint density at radius 3 is 2.50 bits per heavy atom. The molecule has 0 radical (unpaired) electrons. The minimum absolute atomic E-state index is 0.181. The first-order chi connectivity index (χ1) is 19.9. The number of nitrogens with one attached hydrogen (secondary N) is 3. The minimum atomic E-state index is -1.47. The maximum Gasteiger partial charge on any atom is 0.242 e. The summed E-state index contributed by atoms with van der Waals surface area (Å²) in [5, 5.41) is 32.2. The van der Waals surface area contributed by atoms with Gasteiger partial charge in [0.1, 0.15) is 11.2 Å². The van der Waals surface area contributed by atoms with Gasteiger partial charge < -0.3 is 10.6 Å². The zero-order valence-corrected chi connectivity index (χ0v) is 25.1. The van der Waals surface area contributed by atoms with Crippen molar-refractivity contribution >= 4 is 34.8 Å². The van der Waals surface area contributed by atoms with E-state index < -0.39 is 29.2 Å². The van der Waals surface area contributed by atoms with Gasteiger partial charge in [-0.3, -0.25) is 4.79 Å². The van der Waals surface area contributed by atoms with Gasteiger partial charge in [-0.15, -0.1) is 10.2 Å². The number of carbonyl (C=O) groups is 1. The Morgan fingerprint density at radius 2 is 1.88 bits per heavy atom. The second kappa shape index (κ2) is 11.4. The predicted molar refractivity (Wildman–Crippen MR) is 161 cm³/mol. The molecule has 1 aliphatic heterocycles. The molecule has 1 aromatic heterocycles. The molecule has 11 heteroatoms. The van der Waals surface area contributed by atoms with Crippen molar-refractivity contribution in [2.24, 2.45) is 5.41 Å². The lowest BCUT2D eigenvalue weighted by molar-refractivity contribution is -0.118. The molecular formula is C31H30Cl2FN7O. The van der Waals surface area contributed by atoms with Crippen molar-refractivity contribution in [1.82, 2.24) is 25.9 Å². The van der Waals surface area contributed by atoms with Crippen LogP contribution in [0, 0.1) is 29.5 Å². The predicted octanol–water partition coefficient (Wildman–Crippen LogP) is 6.58. The van der Waals surface area contributed by atoms with Gasteiger partial charge in [0, 0.05) is 38.8 Å². The summed E-state index contributed by atoms with van der Waals surface area (Å²) >= 11 is 12.7. The third-order valence-corrected chi connectivity index (χ3v) is 8.46. The Morgan fingerprint density at radius 1 is 1.14 bits per heavy atom. The average Bonchev–Trinajstić information content (AvgIpc) is 3.57. The number of carbonyl (C=O) groups excluding carboxylic acids is 1. The Balaban J connectivity index is 1.64. The van der Waals surface area contributed by atoms with Gasteiger partial charge in [0.2, 0.25) is 11.7 Å². The number of anilines is 1. The standard InChI is InChI=1S/C31H30Cl2FN7O/c1-17-21(6-5-7-23(17)33)26-27(29(42)36-20-11-8-18(9-12-20)28-38-40-41-39-28)37-25(15-30(2,3)4)31(26,16-35)22-13-10-19(32)14-24(22)34/h5-14,25-27,37H,15H2,1-4H3,(H,36,42)(H,38,39,40,41). The molecule has 5 rings (SSSR count). The molecule has 8 nitrogen and oxygen atoms in total. The van der Waals surface area contributed by atoms with Gasteiger partial charge in [0.15, 0.2) is 0 Å². The maximum absolute atomic E-state index is 15.8. The monoisotopic (exact) mass is 605 g/mol. The Hall–Kier alpha value is -3.84. The van der Waals surface area contributed by atoms with E-state index in [0.29, 0.717) is 28.5 Å². The van der Waals surface area contributed by atoms with Crippen LogP contribution in [0.2, 0.25) is 10.0 Å². The molecule has 0 aliphatic carbocycles. The molecule has 4 atom stereocenters. The van der Waals surface area contributed by atoms with E-state index in [1.807, 2.05) is 33.8 Å². The van der Waals surface area contributed by atoms with Crippen molar-refractivity contribution < 1.29 is 9.18 Å². The number of H-pyrrole nitrogens is 1. The van der Waals surface area contributed by atoms with Crippen LogP contribution in [0.1, 0.15) is 49.8 Å². The van der Waals surface area contributed by atoms with E-state index in [0.717, 1.165) is 11.1 Å². The number of hydrogen-bond acceptors (Lipinski definition) is 6. The van der Waals surface area contributed by atoms with Gasteiger partial charge in [-0.2, -0.15) is 10.5 Å². The van der Waals surface area contributed by atoms with E-state index in [9.17, 15) is 10.1 Å². The van der Waals surface area contributed by atoms with Crippen LogP contribution in [0.3, 0.4) is 0 Å². The summed E-state index contributed by atoms with van der Waals surface area (Å²) in [6.45, 7) is 7.99. The molecule has 4 unspecified atom stereocenters. The first-order valence-corrected chi connectivity index (χ1v) is 14.2. The molecule has 1 aliphatic rings. The fraction of sp³-hybridized carbons (Fsp3) is 0.323. The smallest absolute Gasteiger partial charge is 0.242 e. The van der Waals surface area contributed by atoms with E-state index in [1.165, 1.54) is 6.07 Å². The van der Waals surface area contributed by atoms with Gasteiger partial charge in [0.25, 0.3) is 0 Å². The Labute approximate surface area is 253 Å². The van der Waals surface area contributed by atoms with E-state index in [1.54, 1.807) is 48.5 Å². The molecule has 3 aromatic carbocycles. The largest absolute Gasteiger partial charge is 0.325 e. The van der Waals surface area contributed by atoms with Crippen molar-refractivity contribution in [3.05, 3.63) is 93.2 Å². The summed E-state index contributed by atoms with van der Waals surface area (Å²) in [4.78, 5) is 14.1. The van der Waals surface area contributed by atoms with Gasteiger partial charge in [0.05, 0.1) is 12.1 Å². The quantitative estimate of drug-likeness (QED) is 0.228. The molecular weight excluding hydrogens is 576 g/mol. The molecule has 3 N–H and O–H groups in total. The second-order valence-corrected chi connectivity index (χ2v) is 12.6. The zero-order valence-electron chi connectivity index (χ0n) is 23.5. The van der Waals surface area contributed by atoms with E-state index in [2.05, 4.69) is 37.3 Å². The Kier molecular flexibility index (Phi) is 8.08. The first kappa shape index (κ1) is 29.6. The number of amides is 1. The average molecular weight is 607 g/mol. The van der Waals surface area contributed by atoms with Crippen LogP contribution in [-0.4, -0.2) is 38.6 Å². The molecule has 42 heavy (non-hydrogen) atoms. The highest BCUT2D eigenvalue weighted by Crippen LogP contribution is 2.53. The third-order valence-electron chi connectivity index (χ3n) is 7.82. The van der Waals surface area contributed by atoms with Crippen LogP contribution >= 0.6 is 23.2 Å². The number of benzene rings is 3. The van der Waals surface area contributed by atoms with Crippen molar-refractivity contribution in [1.29, 1.82) is 5.26 Å². The number of aromatic nitrogens is 4. The fourth-order valence-corrected chi connectivity index (χ4v) is 6.30. The number of rotatable bonds is 6. The highest BCUT2D eigenvalue weighted by molar-refractivity contribution is 6.31. The molecule has 0 spiro atoms. The van der Waals surface area contributed by atoms with Crippen molar-refractivity contribution in [2.75, 3.05) is 5.32 Å². The molecule has 2 heterocycles. The highest BCUT2D eigenvalue weighted by Gasteiger charge is 2.60. The van der Waals surface area contributed by atoms with Crippen molar-refractivity contribution in [3.63, 3.8) is 0 Å². The molecule has 1 saturated heterocycles. The molecule has 4 aromatic rings. The SMILES string of the molecule is Cc1c(Cl)cccc1C1C(C(=O)Nc2ccc(-c3nn[nH]n3)cc2)NC(CC(C)(C)C)C1(C#N)c1ccc(Cl)cc1F. The number of nitrogens with zero attached hydrogens (tertiary/aromatic N) is 4. The summed E-state index contributed by atoms with van der Waals surface area (Å²) in [5.41, 5.74) is 1.12. The summed E-state index contributed by atoms with van der Waals surface area (Å²) in [7, 11) is 0. The highest BCUT2D eigenvalue weighted by atomic mass is 35.5.